The van der Waals surface area contributed by atoms with E-state index in [1.807, 2.05) is 0 Å². The molecule has 0 atom stereocenters. The Kier molecular flexibility index (Phi) is 4.10. The first-order valence-corrected chi connectivity index (χ1v) is 7.82. The van der Waals surface area contributed by atoms with Gasteiger partial charge in [0.1, 0.15) is 5.82 Å². The minimum absolute atomic E-state index is 0.0730. The number of rotatable bonds is 5. The van der Waals surface area contributed by atoms with Crippen molar-refractivity contribution >= 4 is 16.0 Å². The number of sulfonamides is 1. The van der Waals surface area contributed by atoms with E-state index in [9.17, 15) is 17.6 Å². The summed E-state index contributed by atoms with van der Waals surface area (Å²) in [5.74, 6) is -1.88. The zero-order valence-electron chi connectivity index (χ0n) is 11.0. The van der Waals surface area contributed by atoms with Crippen LogP contribution in [0.2, 0.25) is 0 Å². The fourth-order valence-electron chi connectivity index (χ4n) is 2.06. The van der Waals surface area contributed by atoms with Crippen LogP contribution < -0.4 is 4.72 Å². The van der Waals surface area contributed by atoms with Crippen molar-refractivity contribution < 1.29 is 22.7 Å². The highest BCUT2D eigenvalue weighted by atomic mass is 32.2. The van der Waals surface area contributed by atoms with E-state index in [1.54, 1.807) is 0 Å². The Morgan fingerprint density at radius 3 is 2.60 bits per heavy atom. The standard InChI is InChI=1S/C13H16FNO4S/c1-8-11(14)5-10(13(16)17)6-12(8)20(18,19)15-7-9-3-2-4-9/h5-6,9,15H,2-4,7H2,1H3,(H,16,17). The lowest BCUT2D eigenvalue weighted by molar-refractivity contribution is 0.0696. The molecule has 110 valence electrons. The van der Waals surface area contributed by atoms with Gasteiger partial charge in [-0.25, -0.2) is 22.3 Å². The number of benzene rings is 1. The Labute approximate surface area is 116 Å². The highest BCUT2D eigenvalue weighted by Crippen LogP contribution is 2.26. The number of carboxylic acids is 1. The largest absolute Gasteiger partial charge is 0.478 e. The molecule has 1 aromatic carbocycles. The molecule has 1 aliphatic rings. The van der Waals surface area contributed by atoms with Crippen molar-refractivity contribution in [2.45, 2.75) is 31.1 Å². The first-order valence-electron chi connectivity index (χ1n) is 6.34. The Hall–Kier alpha value is -1.47. The predicted molar refractivity (Wildman–Crippen MR) is 70.6 cm³/mol. The smallest absolute Gasteiger partial charge is 0.335 e. The maximum absolute atomic E-state index is 13.7. The molecule has 2 N–H and O–H groups in total. The molecule has 0 bridgehead atoms. The number of nitrogens with one attached hydrogen (secondary N) is 1. The van der Waals surface area contributed by atoms with Crippen LogP contribution in [0.4, 0.5) is 4.39 Å². The molecule has 0 spiro atoms. The lowest BCUT2D eigenvalue weighted by Crippen LogP contribution is -2.32. The third-order valence-corrected chi connectivity index (χ3v) is 5.17. The van der Waals surface area contributed by atoms with Crippen molar-refractivity contribution in [2.75, 3.05) is 6.54 Å². The van der Waals surface area contributed by atoms with Crippen LogP contribution in [0.5, 0.6) is 0 Å². The quantitative estimate of drug-likeness (QED) is 0.870. The normalized spacial score (nSPS) is 15.9. The number of carbonyl (C=O) groups is 1. The topological polar surface area (TPSA) is 83.5 Å². The van der Waals surface area contributed by atoms with E-state index in [0.717, 1.165) is 31.4 Å². The number of hydrogen-bond donors (Lipinski definition) is 2. The summed E-state index contributed by atoms with van der Waals surface area (Å²) in [5, 5.41) is 8.87. The highest BCUT2D eigenvalue weighted by Gasteiger charge is 2.24. The minimum Gasteiger partial charge on any atom is -0.478 e. The van der Waals surface area contributed by atoms with E-state index in [1.165, 1.54) is 6.92 Å². The van der Waals surface area contributed by atoms with Gasteiger partial charge in [-0.1, -0.05) is 6.42 Å². The van der Waals surface area contributed by atoms with Gasteiger partial charge >= 0.3 is 5.97 Å². The monoisotopic (exact) mass is 301 g/mol. The molecule has 5 nitrogen and oxygen atoms in total. The Morgan fingerprint density at radius 2 is 2.10 bits per heavy atom. The van der Waals surface area contributed by atoms with E-state index in [-0.39, 0.29) is 16.0 Å². The maximum atomic E-state index is 13.7. The molecule has 1 fully saturated rings. The molecule has 20 heavy (non-hydrogen) atoms. The number of hydrogen-bond acceptors (Lipinski definition) is 3. The van der Waals surface area contributed by atoms with E-state index in [2.05, 4.69) is 4.72 Å². The lowest BCUT2D eigenvalue weighted by Gasteiger charge is -2.25. The first-order chi connectivity index (χ1) is 9.31. The molecule has 0 radical (unpaired) electrons. The van der Waals surface area contributed by atoms with Crippen LogP contribution in [-0.2, 0) is 10.0 Å². The van der Waals surface area contributed by atoms with Crippen LogP contribution in [0.3, 0.4) is 0 Å². The summed E-state index contributed by atoms with van der Waals surface area (Å²) in [7, 11) is -3.89. The van der Waals surface area contributed by atoms with Crippen molar-refractivity contribution in [1.29, 1.82) is 0 Å². The van der Waals surface area contributed by atoms with Gasteiger partial charge in [0.2, 0.25) is 10.0 Å². The fraction of sp³-hybridized carbons (Fsp3) is 0.462. The van der Waals surface area contributed by atoms with Gasteiger partial charge in [-0.2, -0.15) is 0 Å². The minimum atomic E-state index is -3.89. The highest BCUT2D eigenvalue weighted by molar-refractivity contribution is 7.89. The molecule has 1 saturated carbocycles. The molecule has 0 aliphatic heterocycles. The molecule has 0 saturated heterocycles. The summed E-state index contributed by atoms with van der Waals surface area (Å²) in [5.41, 5.74) is -0.451. The van der Waals surface area contributed by atoms with E-state index < -0.39 is 21.8 Å². The van der Waals surface area contributed by atoms with Gasteiger partial charge < -0.3 is 5.11 Å². The van der Waals surface area contributed by atoms with Gasteiger partial charge in [-0.15, -0.1) is 0 Å². The Balaban J connectivity index is 2.31. The van der Waals surface area contributed by atoms with Crippen molar-refractivity contribution in [1.82, 2.24) is 4.72 Å². The van der Waals surface area contributed by atoms with Gasteiger partial charge in [0.15, 0.2) is 0 Å². The maximum Gasteiger partial charge on any atom is 0.335 e. The molecule has 0 amide bonds. The van der Waals surface area contributed by atoms with Gasteiger partial charge in [-0.3, -0.25) is 0 Å². The molecule has 2 rings (SSSR count). The van der Waals surface area contributed by atoms with Crippen LogP contribution in [0.15, 0.2) is 17.0 Å². The van der Waals surface area contributed by atoms with Gasteiger partial charge in [0, 0.05) is 12.1 Å². The Morgan fingerprint density at radius 1 is 1.45 bits per heavy atom. The van der Waals surface area contributed by atoms with Gasteiger partial charge in [0.25, 0.3) is 0 Å². The molecule has 0 heterocycles. The average Bonchev–Trinajstić information content (AvgIpc) is 2.29. The second kappa shape index (κ2) is 5.49. The van der Waals surface area contributed by atoms with E-state index in [4.69, 9.17) is 5.11 Å². The van der Waals surface area contributed by atoms with Crippen LogP contribution in [0.1, 0.15) is 35.2 Å². The molecule has 0 aromatic heterocycles. The number of aromatic carboxylic acids is 1. The molecular weight excluding hydrogens is 285 g/mol. The zero-order valence-corrected chi connectivity index (χ0v) is 11.8. The van der Waals surface area contributed by atoms with E-state index in [0.29, 0.717) is 12.5 Å². The fourth-order valence-corrected chi connectivity index (χ4v) is 3.45. The summed E-state index contributed by atoms with van der Waals surface area (Å²) in [6, 6.07) is 1.81. The molecule has 1 aromatic rings. The summed E-state index contributed by atoms with van der Waals surface area (Å²) in [6.07, 6.45) is 3.05. The summed E-state index contributed by atoms with van der Waals surface area (Å²) in [4.78, 5) is 10.6. The molecular formula is C13H16FNO4S. The molecule has 7 heteroatoms. The van der Waals surface area contributed by atoms with Crippen LogP contribution in [0, 0.1) is 18.7 Å². The molecule has 1 aliphatic carbocycles. The predicted octanol–water partition coefficient (Wildman–Crippen LogP) is 1.91. The van der Waals surface area contributed by atoms with Gasteiger partial charge in [-0.05, 0) is 37.8 Å². The van der Waals surface area contributed by atoms with E-state index >= 15 is 0 Å². The second-order valence-corrected chi connectivity index (χ2v) is 6.77. The van der Waals surface area contributed by atoms with Crippen LogP contribution >= 0.6 is 0 Å². The van der Waals surface area contributed by atoms with Crippen molar-refractivity contribution in [3.8, 4) is 0 Å². The lowest BCUT2D eigenvalue weighted by atomic mass is 9.86. The van der Waals surface area contributed by atoms with Gasteiger partial charge in [0.05, 0.1) is 10.5 Å². The molecule has 0 unspecified atom stereocenters. The summed E-state index contributed by atoms with van der Waals surface area (Å²) in [6.45, 7) is 1.62. The third-order valence-electron chi connectivity index (χ3n) is 3.62. The zero-order chi connectivity index (χ0) is 14.9. The van der Waals surface area contributed by atoms with Crippen molar-refractivity contribution in [2.24, 2.45) is 5.92 Å². The van der Waals surface area contributed by atoms with Crippen LogP contribution in [0.25, 0.3) is 0 Å². The number of halogens is 1. The first kappa shape index (κ1) is 14.9. The Bertz CT molecular complexity index is 638. The van der Waals surface area contributed by atoms with Crippen LogP contribution in [-0.4, -0.2) is 26.0 Å². The van der Waals surface area contributed by atoms with Crippen molar-refractivity contribution in [3.05, 3.63) is 29.1 Å². The summed E-state index contributed by atoms with van der Waals surface area (Å²) >= 11 is 0. The SMILES string of the molecule is Cc1c(F)cc(C(=O)O)cc1S(=O)(=O)NCC1CCC1. The summed E-state index contributed by atoms with van der Waals surface area (Å²) < 4.78 is 40.4. The number of carboxylic acid groups (broad SMARTS) is 1. The van der Waals surface area contributed by atoms with Crippen molar-refractivity contribution in [3.63, 3.8) is 0 Å². The second-order valence-electron chi connectivity index (χ2n) is 5.04. The third kappa shape index (κ3) is 2.99. The average molecular weight is 301 g/mol.